The van der Waals surface area contributed by atoms with Crippen molar-refractivity contribution in [1.29, 1.82) is 0 Å². The monoisotopic (exact) mass is 174 g/mol. The molecule has 0 unspecified atom stereocenters. The van der Waals surface area contributed by atoms with Gasteiger partial charge in [-0.1, -0.05) is 17.6 Å². The Labute approximate surface area is 68.6 Å². The highest BCUT2D eigenvalue weighted by molar-refractivity contribution is 6.32. The lowest BCUT2D eigenvalue weighted by atomic mass is 9.97. The molecule has 12 heavy (non-hydrogen) atoms. The van der Waals surface area contributed by atoms with Gasteiger partial charge in [-0.3, -0.25) is 0 Å². The van der Waals surface area contributed by atoms with Crippen molar-refractivity contribution in [2.75, 3.05) is 0 Å². The standard InChI is InChI=1S/C7H6BF3O/c8-5-1-3-6(4-2-5)12-7(9,10)11/h1-4H,8H2. The Morgan fingerprint density at radius 1 is 1.08 bits per heavy atom. The topological polar surface area (TPSA) is 9.23 Å². The van der Waals surface area contributed by atoms with E-state index in [1.165, 1.54) is 12.1 Å². The Hall–Kier alpha value is -1.13. The summed E-state index contributed by atoms with van der Waals surface area (Å²) in [5.41, 5.74) is 0.893. The number of hydrogen-bond acceptors (Lipinski definition) is 1. The molecular formula is C7H6BF3O. The zero-order chi connectivity index (χ0) is 9.19. The van der Waals surface area contributed by atoms with Crippen LogP contribution < -0.4 is 10.2 Å². The van der Waals surface area contributed by atoms with E-state index in [0.29, 0.717) is 0 Å². The molecule has 1 rings (SSSR count). The lowest BCUT2D eigenvalue weighted by Crippen LogP contribution is -2.17. The molecule has 5 heteroatoms. The molecule has 0 aliphatic carbocycles. The van der Waals surface area contributed by atoms with Gasteiger partial charge in [0.05, 0.1) is 0 Å². The number of halogens is 3. The SMILES string of the molecule is Bc1ccc(OC(F)(F)F)cc1. The predicted molar refractivity (Wildman–Crippen MR) is 41.3 cm³/mol. The van der Waals surface area contributed by atoms with Gasteiger partial charge in [-0.05, 0) is 12.1 Å². The summed E-state index contributed by atoms with van der Waals surface area (Å²) in [6.07, 6.45) is -4.60. The summed E-state index contributed by atoms with van der Waals surface area (Å²) in [4.78, 5) is 0. The largest absolute Gasteiger partial charge is 0.573 e. The summed E-state index contributed by atoms with van der Waals surface area (Å²) < 4.78 is 38.5. The number of hydrogen-bond donors (Lipinski definition) is 0. The third-order valence-corrected chi connectivity index (χ3v) is 1.25. The molecule has 0 radical (unpaired) electrons. The molecule has 0 atom stereocenters. The summed E-state index contributed by atoms with van der Waals surface area (Å²) in [6, 6.07) is 5.67. The van der Waals surface area contributed by atoms with Crippen LogP contribution >= 0.6 is 0 Å². The number of benzene rings is 1. The van der Waals surface area contributed by atoms with Gasteiger partial charge < -0.3 is 4.74 Å². The minimum absolute atomic E-state index is 0.187. The Morgan fingerprint density at radius 3 is 2.00 bits per heavy atom. The van der Waals surface area contributed by atoms with Gasteiger partial charge in [-0.25, -0.2) is 0 Å². The first-order valence-corrected chi connectivity index (χ1v) is 3.30. The number of rotatable bonds is 1. The molecule has 1 aromatic carbocycles. The second-order valence-corrected chi connectivity index (χ2v) is 2.36. The van der Waals surface area contributed by atoms with Crippen LogP contribution in [0.15, 0.2) is 24.3 Å². The van der Waals surface area contributed by atoms with Crippen LogP contribution in [0, 0.1) is 0 Å². The highest BCUT2D eigenvalue weighted by Crippen LogP contribution is 2.21. The van der Waals surface area contributed by atoms with Crippen LogP contribution in [0.25, 0.3) is 0 Å². The second-order valence-electron chi connectivity index (χ2n) is 2.36. The summed E-state index contributed by atoms with van der Waals surface area (Å²) in [5, 5.41) is 0. The quantitative estimate of drug-likeness (QED) is 0.573. The molecule has 0 aliphatic rings. The smallest absolute Gasteiger partial charge is 0.406 e. The average molecular weight is 174 g/mol. The van der Waals surface area contributed by atoms with E-state index in [2.05, 4.69) is 4.74 Å². The molecule has 0 aliphatic heterocycles. The zero-order valence-corrected chi connectivity index (χ0v) is 6.35. The molecular weight excluding hydrogens is 168 g/mol. The molecule has 1 nitrogen and oxygen atoms in total. The second kappa shape index (κ2) is 3.09. The van der Waals surface area contributed by atoms with Crippen LogP contribution in [0.2, 0.25) is 0 Å². The summed E-state index contributed by atoms with van der Waals surface area (Å²) in [5.74, 6) is -0.187. The Kier molecular flexibility index (Phi) is 2.31. The van der Waals surface area contributed by atoms with Crippen LogP contribution in [0.4, 0.5) is 13.2 Å². The lowest BCUT2D eigenvalue weighted by molar-refractivity contribution is -0.274. The normalized spacial score (nSPS) is 11.2. The van der Waals surface area contributed by atoms with Crippen molar-refractivity contribution in [1.82, 2.24) is 0 Å². The Balaban J connectivity index is 2.71. The molecule has 0 amide bonds. The molecule has 0 fully saturated rings. The first-order valence-electron chi connectivity index (χ1n) is 3.30. The average Bonchev–Trinajstić information content (AvgIpc) is 1.91. The lowest BCUT2D eigenvalue weighted by Gasteiger charge is -2.08. The summed E-state index contributed by atoms with van der Waals surface area (Å²) in [7, 11) is 1.79. The number of alkyl halides is 3. The molecule has 0 spiro atoms. The molecule has 0 aromatic heterocycles. The van der Waals surface area contributed by atoms with Gasteiger partial charge in [0.25, 0.3) is 0 Å². The van der Waals surface area contributed by atoms with E-state index >= 15 is 0 Å². The fraction of sp³-hybridized carbons (Fsp3) is 0.143. The van der Waals surface area contributed by atoms with Gasteiger partial charge in [0.1, 0.15) is 13.6 Å². The minimum atomic E-state index is -4.60. The van der Waals surface area contributed by atoms with Gasteiger partial charge in [-0.15, -0.1) is 13.2 Å². The van der Waals surface area contributed by atoms with E-state index in [1.54, 1.807) is 20.0 Å². The van der Waals surface area contributed by atoms with Crippen molar-refractivity contribution in [3.63, 3.8) is 0 Å². The maximum atomic E-state index is 11.6. The van der Waals surface area contributed by atoms with Crippen LogP contribution in [-0.2, 0) is 0 Å². The summed E-state index contributed by atoms with van der Waals surface area (Å²) >= 11 is 0. The zero-order valence-electron chi connectivity index (χ0n) is 6.35. The van der Waals surface area contributed by atoms with Crippen molar-refractivity contribution in [2.24, 2.45) is 0 Å². The van der Waals surface area contributed by atoms with E-state index in [0.717, 1.165) is 5.46 Å². The highest BCUT2D eigenvalue weighted by atomic mass is 19.4. The van der Waals surface area contributed by atoms with E-state index in [1.807, 2.05) is 0 Å². The fourth-order valence-corrected chi connectivity index (χ4v) is 0.740. The Bertz CT molecular complexity index is 254. The van der Waals surface area contributed by atoms with Gasteiger partial charge in [0.15, 0.2) is 0 Å². The molecule has 0 heterocycles. The third kappa shape index (κ3) is 2.86. The first-order chi connectivity index (χ1) is 5.47. The molecule has 1 aromatic rings. The van der Waals surface area contributed by atoms with Gasteiger partial charge in [0, 0.05) is 0 Å². The number of ether oxygens (including phenoxy) is 1. The summed E-state index contributed by atoms with van der Waals surface area (Å²) in [6.45, 7) is 0. The Morgan fingerprint density at radius 2 is 1.58 bits per heavy atom. The van der Waals surface area contributed by atoms with Gasteiger partial charge in [0.2, 0.25) is 0 Å². The minimum Gasteiger partial charge on any atom is -0.406 e. The van der Waals surface area contributed by atoms with Crippen molar-refractivity contribution >= 4 is 13.3 Å². The van der Waals surface area contributed by atoms with Crippen LogP contribution in [0.1, 0.15) is 0 Å². The van der Waals surface area contributed by atoms with Crippen molar-refractivity contribution in [2.45, 2.75) is 6.36 Å². The highest BCUT2D eigenvalue weighted by Gasteiger charge is 2.30. The van der Waals surface area contributed by atoms with Crippen LogP contribution in [0.5, 0.6) is 5.75 Å². The first kappa shape index (κ1) is 8.97. The maximum absolute atomic E-state index is 11.6. The van der Waals surface area contributed by atoms with Crippen molar-refractivity contribution in [3.05, 3.63) is 24.3 Å². The molecule has 0 saturated heterocycles. The van der Waals surface area contributed by atoms with Crippen molar-refractivity contribution in [3.8, 4) is 5.75 Å². The third-order valence-electron chi connectivity index (χ3n) is 1.25. The fourth-order valence-electron chi connectivity index (χ4n) is 0.740. The van der Waals surface area contributed by atoms with Crippen LogP contribution in [-0.4, -0.2) is 14.2 Å². The molecule has 64 valence electrons. The molecule has 0 bridgehead atoms. The van der Waals surface area contributed by atoms with Crippen LogP contribution in [0.3, 0.4) is 0 Å². The molecule has 0 saturated carbocycles. The van der Waals surface area contributed by atoms with E-state index < -0.39 is 6.36 Å². The van der Waals surface area contributed by atoms with Gasteiger partial charge >= 0.3 is 6.36 Å². The van der Waals surface area contributed by atoms with E-state index in [9.17, 15) is 13.2 Å². The van der Waals surface area contributed by atoms with E-state index in [4.69, 9.17) is 0 Å². The van der Waals surface area contributed by atoms with E-state index in [-0.39, 0.29) is 5.75 Å². The maximum Gasteiger partial charge on any atom is 0.573 e. The van der Waals surface area contributed by atoms with Crippen molar-refractivity contribution < 1.29 is 17.9 Å². The van der Waals surface area contributed by atoms with Gasteiger partial charge in [-0.2, -0.15) is 0 Å². The predicted octanol–water partition coefficient (Wildman–Crippen LogP) is 0.844. The molecule has 0 N–H and O–H groups in total.